The van der Waals surface area contributed by atoms with E-state index >= 15 is 0 Å². The quantitative estimate of drug-likeness (QED) is 0.816. The van der Waals surface area contributed by atoms with Crippen LogP contribution in [0.1, 0.15) is 24.2 Å². The predicted molar refractivity (Wildman–Crippen MR) is 85.3 cm³/mol. The van der Waals surface area contributed by atoms with Crippen LogP contribution in [-0.2, 0) is 9.47 Å². The molecule has 22 heavy (non-hydrogen) atoms. The van der Waals surface area contributed by atoms with Crippen molar-refractivity contribution in [3.8, 4) is 0 Å². The maximum Gasteiger partial charge on any atom is 0.338 e. The van der Waals surface area contributed by atoms with Crippen LogP contribution in [-0.4, -0.2) is 43.4 Å². The molecule has 2 heterocycles. The van der Waals surface area contributed by atoms with Gasteiger partial charge in [0.05, 0.1) is 30.4 Å². The van der Waals surface area contributed by atoms with Crippen LogP contribution in [0.15, 0.2) is 30.5 Å². The third-order valence-electron chi connectivity index (χ3n) is 3.83. The van der Waals surface area contributed by atoms with Gasteiger partial charge in [-0.1, -0.05) is 0 Å². The molecule has 0 N–H and O–H groups in total. The van der Waals surface area contributed by atoms with Gasteiger partial charge in [0.2, 0.25) is 0 Å². The van der Waals surface area contributed by atoms with Crippen LogP contribution in [0, 0.1) is 0 Å². The number of anilines is 1. The molecule has 0 unspecified atom stereocenters. The molecule has 0 aliphatic carbocycles. The molecule has 1 fully saturated rings. The summed E-state index contributed by atoms with van der Waals surface area (Å²) in [5.74, 6) is -0.303. The van der Waals surface area contributed by atoms with Crippen LogP contribution in [0.4, 0.5) is 5.69 Å². The van der Waals surface area contributed by atoms with Gasteiger partial charge in [-0.15, -0.1) is 0 Å². The first-order valence-electron chi connectivity index (χ1n) is 7.61. The Labute approximate surface area is 129 Å². The minimum absolute atomic E-state index is 0.211. The van der Waals surface area contributed by atoms with E-state index in [1.807, 2.05) is 25.1 Å². The molecule has 0 amide bonds. The van der Waals surface area contributed by atoms with Crippen molar-refractivity contribution in [3.63, 3.8) is 0 Å². The summed E-state index contributed by atoms with van der Waals surface area (Å²) in [6.07, 6.45) is 1.85. The largest absolute Gasteiger partial charge is 0.462 e. The van der Waals surface area contributed by atoms with Gasteiger partial charge in [-0.3, -0.25) is 4.98 Å². The highest BCUT2D eigenvalue weighted by Crippen LogP contribution is 2.25. The number of carbonyl (C=O) groups is 1. The average Bonchev–Trinajstić information content (AvgIpc) is 2.54. The number of rotatable bonds is 3. The Kier molecular flexibility index (Phi) is 4.24. The van der Waals surface area contributed by atoms with Crippen molar-refractivity contribution in [2.45, 2.75) is 20.0 Å². The van der Waals surface area contributed by atoms with Gasteiger partial charge in [-0.25, -0.2) is 4.79 Å². The highest BCUT2D eigenvalue weighted by Gasteiger charge is 2.18. The molecule has 3 rings (SSSR count). The summed E-state index contributed by atoms with van der Waals surface area (Å²) in [4.78, 5) is 18.7. The zero-order valence-electron chi connectivity index (χ0n) is 12.9. The Hall–Kier alpha value is -2.14. The molecule has 116 valence electrons. The van der Waals surface area contributed by atoms with E-state index in [0.717, 1.165) is 36.3 Å². The highest BCUT2D eigenvalue weighted by molar-refractivity contribution is 6.04. The Morgan fingerprint density at radius 3 is 3.09 bits per heavy atom. The summed E-state index contributed by atoms with van der Waals surface area (Å²) in [7, 11) is 0. The van der Waals surface area contributed by atoms with Gasteiger partial charge in [0.25, 0.3) is 0 Å². The highest BCUT2D eigenvalue weighted by atomic mass is 16.5. The second-order valence-electron chi connectivity index (χ2n) is 5.41. The third-order valence-corrected chi connectivity index (χ3v) is 3.83. The van der Waals surface area contributed by atoms with Crippen LogP contribution in [0.3, 0.4) is 0 Å². The molecule has 0 spiro atoms. The predicted octanol–water partition coefficient (Wildman–Crippen LogP) is 2.64. The van der Waals surface area contributed by atoms with Gasteiger partial charge in [-0.05, 0) is 38.1 Å². The van der Waals surface area contributed by atoms with E-state index in [4.69, 9.17) is 9.47 Å². The normalized spacial score (nSPS) is 18.5. The lowest BCUT2D eigenvalue weighted by Gasteiger charge is -2.33. The van der Waals surface area contributed by atoms with Gasteiger partial charge in [0, 0.05) is 30.4 Å². The maximum absolute atomic E-state index is 12.1. The lowest BCUT2D eigenvalue weighted by atomic mass is 10.1. The van der Waals surface area contributed by atoms with E-state index in [-0.39, 0.29) is 12.1 Å². The smallest absolute Gasteiger partial charge is 0.338 e. The van der Waals surface area contributed by atoms with E-state index in [0.29, 0.717) is 12.2 Å². The van der Waals surface area contributed by atoms with Crippen molar-refractivity contribution in [2.75, 3.05) is 31.2 Å². The van der Waals surface area contributed by atoms with Crippen LogP contribution >= 0.6 is 0 Å². The minimum Gasteiger partial charge on any atom is -0.462 e. The number of morpholine rings is 1. The van der Waals surface area contributed by atoms with Crippen molar-refractivity contribution in [1.29, 1.82) is 0 Å². The number of ether oxygens (including phenoxy) is 2. The number of hydrogen-bond acceptors (Lipinski definition) is 5. The summed E-state index contributed by atoms with van der Waals surface area (Å²) < 4.78 is 10.7. The number of carbonyl (C=O) groups excluding carboxylic acids is 1. The van der Waals surface area contributed by atoms with Crippen molar-refractivity contribution in [3.05, 3.63) is 36.0 Å². The van der Waals surface area contributed by atoms with E-state index in [2.05, 4.69) is 16.8 Å². The molecule has 1 aliphatic heterocycles. The summed E-state index contributed by atoms with van der Waals surface area (Å²) in [5, 5.41) is 0.831. The van der Waals surface area contributed by atoms with Crippen LogP contribution in [0.5, 0.6) is 0 Å². The number of esters is 1. The number of fused-ring (bicyclic) bond motifs is 1. The Morgan fingerprint density at radius 2 is 2.32 bits per heavy atom. The number of benzene rings is 1. The second kappa shape index (κ2) is 6.32. The van der Waals surface area contributed by atoms with E-state index in [1.54, 1.807) is 12.3 Å². The molecule has 1 aliphatic rings. The van der Waals surface area contributed by atoms with Crippen LogP contribution < -0.4 is 4.90 Å². The molecule has 1 atom stereocenters. The second-order valence-corrected chi connectivity index (χ2v) is 5.41. The maximum atomic E-state index is 12.1. The molecule has 1 saturated heterocycles. The van der Waals surface area contributed by atoms with Crippen LogP contribution in [0.2, 0.25) is 0 Å². The van der Waals surface area contributed by atoms with Crippen molar-refractivity contribution in [1.82, 2.24) is 4.98 Å². The van der Waals surface area contributed by atoms with Gasteiger partial charge < -0.3 is 14.4 Å². The molecule has 5 heteroatoms. The number of pyridine rings is 1. The standard InChI is InChI=1S/C17H20N2O3/c1-3-21-17(20)14-6-7-18-16-5-4-13(10-15(14)16)19-8-9-22-12(2)11-19/h4-7,10,12H,3,8-9,11H2,1-2H3/t12-/m1/s1. The number of hydrogen-bond donors (Lipinski definition) is 0. The topological polar surface area (TPSA) is 51.7 Å². The molecule has 0 radical (unpaired) electrons. The van der Waals surface area contributed by atoms with Crippen LogP contribution in [0.25, 0.3) is 10.9 Å². The van der Waals surface area contributed by atoms with Gasteiger partial charge >= 0.3 is 5.97 Å². The SMILES string of the molecule is CCOC(=O)c1ccnc2ccc(N3CCO[C@H](C)C3)cc12. The molecule has 5 nitrogen and oxygen atoms in total. The first kappa shape index (κ1) is 14.8. The summed E-state index contributed by atoms with van der Waals surface area (Å²) in [5.41, 5.74) is 2.45. The van der Waals surface area contributed by atoms with Gasteiger partial charge in [0.15, 0.2) is 0 Å². The fourth-order valence-corrected chi connectivity index (χ4v) is 2.77. The zero-order chi connectivity index (χ0) is 15.5. The molecule has 1 aromatic carbocycles. The Bertz CT molecular complexity index is 687. The third kappa shape index (κ3) is 2.90. The lowest BCUT2D eigenvalue weighted by Crippen LogP contribution is -2.41. The fraction of sp³-hybridized carbons (Fsp3) is 0.412. The van der Waals surface area contributed by atoms with Gasteiger partial charge in [0.1, 0.15) is 0 Å². The van der Waals surface area contributed by atoms with E-state index in [1.165, 1.54) is 0 Å². The number of nitrogens with zero attached hydrogens (tertiary/aromatic N) is 2. The first-order valence-corrected chi connectivity index (χ1v) is 7.61. The summed E-state index contributed by atoms with van der Waals surface area (Å²) in [6.45, 7) is 6.66. The molecule has 1 aromatic heterocycles. The average molecular weight is 300 g/mol. The van der Waals surface area contributed by atoms with Crippen molar-refractivity contribution < 1.29 is 14.3 Å². The molecular weight excluding hydrogens is 280 g/mol. The van der Waals surface area contributed by atoms with Gasteiger partial charge in [-0.2, -0.15) is 0 Å². The van der Waals surface area contributed by atoms with Crippen molar-refractivity contribution >= 4 is 22.6 Å². The summed E-state index contributed by atoms with van der Waals surface area (Å²) in [6, 6.07) is 7.73. The Balaban J connectivity index is 2.00. The zero-order valence-corrected chi connectivity index (χ0v) is 12.9. The molecule has 0 saturated carbocycles. The minimum atomic E-state index is -0.303. The van der Waals surface area contributed by atoms with E-state index in [9.17, 15) is 4.79 Å². The molecular formula is C17H20N2O3. The Morgan fingerprint density at radius 1 is 1.45 bits per heavy atom. The van der Waals surface area contributed by atoms with Crippen molar-refractivity contribution in [2.24, 2.45) is 0 Å². The van der Waals surface area contributed by atoms with E-state index < -0.39 is 0 Å². The fourth-order valence-electron chi connectivity index (χ4n) is 2.77. The molecule has 0 bridgehead atoms. The first-order chi connectivity index (χ1) is 10.7. The monoisotopic (exact) mass is 300 g/mol. The lowest BCUT2D eigenvalue weighted by molar-refractivity contribution is 0.0524. The molecule has 2 aromatic rings. The number of aromatic nitrogens is 1. The summed E-state index contributed by atoms with van der Waals surface area (Å²) >= 11 is 0.